The van der Waals surface area contributed by atoms with Gasteiger partial charge in [0.25, 0.3) is 0 Å². The maximum absolute atomic E-state index is 10.8. The number of hydrogen-bond acceptors (Lipinski definition) is 2. The van der Waals surface area contributed by atoms with Gasteiger partial charge in [-0.05, 0) is 22.4 Å². The smallest absolute Gasteiger partial charge is 0.344 e. The van der Waals surface area contributed by atoms with Gasteiger partial charge in [-0.1, -0.05) is 32.8 Å². The fourth-order valence-electron chi connectivity index (χ4n) is 0.772. The van der Waals surface area contributed by atoms with Crippen LogP contribution in [-0.4, -0.2) is 12.6 Å². The summed E-state index contributed by atoms with van der Waals surface area (Å²) in [6.07, 6.45) is 4.46. The lowest BCUT2D eigenvalue weighted by Crippen LogP contribution is -2.04. The van der Waals surface area contributed by atoms with E-state index in [9.17, 15) is 4.79 Å². The van der Waals surface area contributed by atoms with Crippen LogP contribution in [0.5, 0.6) is 0 Å². The van der Waals surface area contributed by atoms with Crippen molar-refractivity contribution in [3.8, 4) is 0 Å². The number of halogens is 1. The zero-order valence-electron chi connectivity index (χ0n) is 7.44. The number of carbonyl (C=O) groups excluding carboxylic acids is 1. The van der Waals surface area contributed by atoms with Crippen LogP contribution in [-0.2, 0) is 9.53 Å². The number of esters is 1. The van der Waals surface area contributed by atoms with Gasteiger partial charge in [0.1, 0.15) is 0 Å². The summed E-state index contributed by atoms with van der Waals surface area (Å²) < 4.78 is 5.15. The van der Waals surface area contributed by atoms with Crippen molar-refractivity contribution < 1.29 is 9.53 Å². The molecular formula is C9H15BrO2. The fraction of sp³-hybridized carbons (Fsp3) is 0.667. The molecule has 0 rings (SSSR count). The van der Waals surface area contributed by atoms with Crippen LogP contribution < -0.4 is 0 Å². The lowest BCUT2D eigenvalue weighted by Gasteiger charge is -2.02. The molecule has 0 atom stereocenters. The number of carbonyl (C=O) groups is 1. The Balaban J connectivity index is 3.20. The second-order valence-corrected chi connectivity index (χ2v) is 3.56. The third-order valence-corrected chi connectivity index (χ3v) is 1.78. The summed E-state index contributed by atoms with van der Waals surface area (Å²) in [5.74, 6) is -0.355. The molecule has 0 fully saturated rings. The molecule has 0 bridgehead atoms. The molecule has 0 aliphatic heterocycles. The van der Waals surface area contributed by atoms with Gasteiger partial charge in [0.05, 0.1) is 11.1 Å². The van der Waals surface area contributed by atoms with E-state index < -0.39 is 0 Å². The summed E-state index contributed by atoms with van der Waals surface area (Å²) in [7, 11) is 0. The maximum Gasteiger partial charge on any atom is 0.344 e. The molecular weight excluding hydrogens is 220 g/mol. The fourth-order valence-corrected chi connectivity index (χ4v) is 0.886. The van der Waals surface area contributed by atoms with Crippen LogP contribution in [0.15, 0.2) is 11.1 Å². The summed E-state index contributed by atoms with van der Waals surface area (Å²) in [4.78, 5) is 10.8. The summed E-state index contributed by atoms with van der Waals surface area (Å²) in [6.45, 7) is 6.06. The quantitative estimate of drug-likeness (QED) is 0.402. The molecule has 0 radical (unpaired) electrons. The Hall–Kier alpha value is -0.310. The van der Waals surface area contributed by atoms with Crippen LogP contribution in [0.25, 0.3) is 0 Å². The van der Waals surface area contributed by atoms with E-state index in [-0.39, 0.29) is 10.5 Å². The predicted octanol–water partition coefficient (Wildman–Crippen LogP) is 3.02. The molecule has 0 aromatic heterocycles. The third kappa shape index (κ3) is 6.40. The van der Waals surface area contributed by atoms with Crippen molar-refractivity contribution in [1.29, 1.82) is 0 Å². The van der Waals surface area contributed by atoms with Gasteiger partial charge in [-0.2, -0.15) is 0 Å². The Labute approximate surface area is 82.1 Å². The van der Waals surface area contributed by atoms with Gasteiger partial charge in [0.15, 0.2) is 0 Å². The predicted molar refractivity (Wildman–Crippen MR) is 53.2 cm³/mol. The van der Waals surface area contributed by atoms with Gasteiger partial charge in [-0.25, -0.2) is 4.79 Å². The highest BCUT2D eigenvalue weighted by Gasteiger charge is 2.02. The van der Waals surface area contributed by atoms with E-state index in [1.165, 1.54) is 12.8 Å². The van der Waals surface area contributed by atoms with Gasteiger partial charge in [-0.3, -0.25) is 0 Å². The van der Waals surface area contributed by atoms with Crippen LogP contribution in [0.1, 0.15) is 32.6 Å². The van der Waals surface area contributed by atoms with E-state index in [1.807, 2.05) is 0 Å². The maximum atomic E-state index is 10.8. The first kappa shape index (κ1) is 11.7. The monoisotopic (exact) mass is 234 g/mol. The highest BCUT2D eigenvalue weighted by molar-refractivity contribution is 9.12. The van der Waals surface area contributed by atoms with Crippen molar-refractivity contribution in [2.24, 2.45) is 0 Å². The molecule has 0 aliphatic carbocycles. The van der Waals surface area contributed by atoms with Gasteiger partial charge >= 0.3 is 5.97 Å². The Morgan fingerprint density at radius 3 is 2.58 bits per heavy atom. The first-order valence-corrected chi connectivity index (χ1v) is 4.99. The molecule has 0 amide bonds. The first-order chi connectivity index (χ1) is 5.68. The van der Waals surface area contributed by atoms with Crippen LogP contribution >= 0.6 is 15.9 Å². The Bertz CT molecular complexity index is 155. The standard InChI is InChI=1S/C9H15BrO2/c1-3-4-5-6-7-12-9(11)8(2)10/h2-7H2,1H3. The van der Waals surface area contributed by atoms with Crippen molar-refractivity contribution in [3.63, 3.8) is 0 Å². The van der Waals surface area contributed by atoms with Crippen molar-refractivity contribution in [1.82, 2.24) is 0 Å². The summed E-state index contributed by atoms with van der Waals surface area (Å²) in [5.41, 5.74) is 0. The van der Waals surface area contributed by atoms with Gasteiger partial charge in [0.2, 0.25) is 0 Å². The van der Waals surface area contributed by atoms with Crippen LogP contribution in [0, 0.1) is 0 Å². The molecule has 0 unspecified atom stereocenters. The summed E-state index contributed by atoms with van der Waals surface area (Å²) in [6, 6.07) is 0. The number of hydrogen-bond donors (Lipinski definition) is 0. The second-order valence-electron chi connectivity index (χ2n) is 2.60. The molecule has 0 aromatic rings. The van der Waals surface area contributed by atoms with E-state index in [2.05, 4.69) is 29.4 Å². The summed E-state index contributed by atoms with van der Waals surface area (Å²) in [5, 5.41) is 0. The molecule has 0 saturated heterocycles. The van der Waals surface area contributed by atoms with E-state index in [4.69, 9.17) is 4.74 Å². The average molecular weight is 235 g/mol. The average Bonchev–Trinajstić information content (AvgIpc) is 2.03. The van der Waals surface area contributed by atoms with Crippen LogP contribution in [0.2, 0.25) is 0 Å². The van der Waals surface area contributed by atoms with Crippen molar-refractivity contribution in [3.05, 3.63) is 11.1 Å². The number of rotatable bonds is 6. The topological polar surface area (TPSA) is 26.3 Å². The number of unbranched alkanes of at least 4 members (excludes halogenated alkanes) is 3. The number of ether oxygens (including phenoxy) is 1. The minimum Gasteiger partial charge on any atom is -0.462 e. The van der Waals surface area contributed by atoms with E-state index in [0.717, 1.165) is 12.8 Å². The largest absolute Gasteiger partial charge is 0.462 e. The zero-order valence-corrected chi connectivity index (χ0v) is 9.02. The second kappa shape index (κ2) is 7.35. The minimum atomic E-state index is -0.355. The minimum absolute atomic E-state index is 0.290. The molecule has 0 spiro atoms. The van der Waals surface area contributed by atoms with Gasteiger partial charge < -0.3 is 4.74 Å². The van der Waals surface area contributed by atoms with E-state index in [0.29, 0.717) is 6.61 Å². The molecule has 12 heavy (non-hydrogen) atoms. The third-order valence-electron chi connectivity index (χ3n) is 1.45. The molecule has 0 aliphatic rings. The van der Waals surface area contributed by atoms with E-state index >= 15 is 0 Å². The highest BCUT2D eigenvalue weighted by atomic mass is 79.9. The first-order valence-electron chi connectivity index (χ1n) is 4.20. The SMILES string of the molecule is C=C(Br)C(=O)OCCCCCC. The molecule has 3 heteroatoms. The lowest BCUT2D eigenvalue weighted by atomic mass is 10.2. The van der Waals surface area contributed by atoms with Crippen molar-refractivity contribution in [2.75, 3.05) is 6.61 Å². The van der Waals surface area contributed by atoms with Crippen molar-refractivity contribution in [2.45, 2.75) is 32.6 Å². The Morgan fingerprint density at radius 2 is 2.08 bits per heavy atom. The Kier molecular flexibility index (Phi) is 7.16. The molecule has 2 nitrogen and oxygen atoms in total. The van der Waals surface area contributed by atoms with E-state index in [1.54, 1.807) is 0 Å². The van der Waals surface area contributed by atoms with Gasteiger partial charge in [0, 0.05) is 0 Å². The Morgan fingerprint density at radius 1 is 1.42 bits per heavy atom. The van der Waals surface area contributed by atoms with Gasteiger partial charge in [-0.15, -0.1) is 0 Å². The van der Waals surface area contributed by atoms with Crippen molar-refractivity contribution >= 4 is 21.9 Å². The lowest BCUT2D eigenvalue weighted by molar-refractivity contribution is -0.138. The van der Waals surface area contributed by atoms with Crippen LogP contribution in [0.4, 0.5) is 0 Å². The molecule has 0 aromatic carbocycles. The molecule has 0 heterocycles. The highest BCUT2D eigenvalue weighted by Crippen LogP contribution is 2.05. The molecule has 70 valence electrons. The zero-order chi connectivity index (χ0) is 9.40. The normalized spacial score (nSPS) is 9.50. The summed E-state index contributed by atoms with van der Waals surface area (Å²) >= 11 is 2.95. The molecule has 0 saturated carbocycles. The molecule has 0 N–H and O–H groups in total. The van der Waals surface area contributed by atoms with Crippen LogP contribution in [0.3, 0.4) is 0 Å².